The lowest BCUT2D eigenvalue weighted by Gasteiger charge is -2.36. The first-order valence-electron chi connectivity index (χ1n) is 7.57. The zero-order chi connectivity index (χ0) is 14.8. The van der Waals surface area contributed by atoms with E-state index < -0.39 is 6.61 Å². The number of halogens is 2. The molecule has 2 unspecified atom stereocenters. The minimum atomic E-state index is -2.77. The van der Waals surface area contributed by atoms with Gasteiger partial charge in [-0.25, -0.2) is 0 Å². The van der Waals surface area contributed by atoms with Crippen molar-refractivity contribution in [3.8, 4) is 5.75 Å². The summed E-state index contributed by atoms with van der Waals surface area (Å²) in [5.41, 5.74) is 0.855. The Bertz CT molecular complexity index is 483. The van der Waals surface area contributed by atoms with Crippen molar-refractivity contribution in [3.63, 3.8) is 0 Å². The molecule has 3 aliphatic rings. The number of para-hydroxylation sites is 1. The smallest absolute Gasteiger partial charge is 0.387 e. The topological polar surface area (TPSA) is 15.7 Å². The number of fused-ring (bicyclic) bond motifs is 4. The van der Waals surface area contributed by atoms with Crippen molar-refractivity contribution in [1.29, 1.82) is 0 Å². The normalized spacial score (nSPS) is 27.0. The Hall–Kier alpha value is -1.20. The highest BCUT2D eigenvalue weighted by Crippen LogP contribution is 2.30. The second kappa shape index (κ2) is 6.28. The molecule has 0 radical (unpaired) electrons. The highest BCUT2D eigenvalue weighted by atomic mass is 19.3. The summed E-state index contributed by atoms with van der Waals surface area (Å²) in [5, 5.41) is 0. The highest BCUT2D eigenvalue weighted by molar-refractivity contribution is 5.33. The SMILES string of the molecule is CN1CC2CCC(C1)N(Cc1ccccc1OC(F)F)C2. The zero-order valence-corrected chi connectivity index (χ0v) is 12.3. The maximum atomic E-state index is 12.5. The average molecular weight is 296 g/mol. The largest absolute Gasteiger partial charge is 0.434 e. The van der Waals surface area contributed by atoms with Gasteiger partial charge >= 0.3 is 6.61 Å². The predicted octanol–water partition coefficient (Wildman–Crippen LogP) is 2.81. The van der Waals surface area contributed by atoms with Crippen LogP contribution in [-0.4, -0.2) is 49.1 Å². The van der Waals surface area contributed by atoms with Crippen LogP contribution in [0.2, 0.25) is 0 Å². The Morgan fingerprint density at radius 1 is 1.19 bits per heavy atom. The first-order chi connectivity index (χ1) is 10.1. The van der Waals surface area contributed by atoms with Gasteiger partial charge in [0.2, 0.25) is 0 Å². The quantitative estimate of drug-likeness (QED) is 0.850. The first kappa shape index (κ1) is 14.7. The van der Waals surface area contributed by atoms with E-state index in [4.69, 9.17) is 0 Å². The van der Waals surface area contributed by atoms with Crippen LogP contribution < -0.4 is 4.74 Å². The third-order valence-corrected chi connectivity index (χ3v) is 4.57. The molecule has 2 bridgehead atoms. The van der Waals surface area contributed by atoms with Gasteiger partial charge in [0.15, 0.2) is 0 Å². The number of hydrogen-bond acceptors (Lipinski definition) is 3. The molecule has 2 atom stereocenters. The van der Waals surface area contributed by atoms with E-state index in [0.717, 1.165) is 25.2 Å². The Labute approximate surface area is 124 Å². The van der Waals surface area contributed by atoms with Crippen molar-refractivity contribution in [2.24, 2.45) is 5.92 Å². The third kappa shape index (κ3) is 3.52. The second-order valence-electron chi connectivity index (χ2n) is 6.23. The molecular formula is C16H22F2N2O. The maximum absolute atomic E-state index is 12.5. The van der Waals surface area contributed by atoms with Crippen molar-refractivity contribution in [3.05, 3.63) is 29.8 Å². The molecule has 116 valence electrons. The molecule has 0 aromatic heterocycles. The molecular weight excluding hydrogens is 274 g/mol. The Kier molecular flexibility index (Phi) is 4.40. The van der Waals surface area contributed by atoms with Crippen LogP contribution in [0.1, 0.15) is 18.4 Å². The van der Waals surface area contributed by atoms with Gasteiger partial charge in [-0.1, -0.05) is 18.2 Å². The number of rotatable bonds is 4. The standard InChI is InChI=1S/C16H22F2N2O/c1-19-8-12-6-7-14(11-19)20(9-12)10-13-4-2-3-5-15(13)21-16(17)18/h2-5,12,14,16H,6-11H2,1H3. The van der Waals surface area contributed by atoms with Gasteiger partial charge in [0.1, 0.15) is 5.75 Å². The van der Waals surface area contributed by atoms with Gasteiger partial charge in [-0.3, -0.25) is 4.90 Å². The van der Waals surface area contributed by atoms with Crippen LogP contribution in [0, 0.1) is 5.92 Å². The maximum Gasteiger partial charge on any atom is 0.387 e. The molecule has 0 aliphatic carbocycles. The van der Waals surface area contributed by atoms with Gasteiger partial charge < -0.3 is 9.64 Å². The molecule has 5 heteroatoms. The summed E-state index contributed by atoms with van der Waals surface area (Å²) in [6.45, 7) is 1.19. The van der Waals surface area contributed by atoms with E-state index in [0.29, 0.717) is 24.3 Å². The van der Waals surface area contributed by atoms with E-state index in [9.17, 15) is 8.78 Å². The van der Waals surface area contributed by atoms with Gasteiger partial charge in [-0.05, 0) is 31.9 Å². The van der Waals surface area contributed by atoms with E-state index in [1.807, 2.05) is 12.1 Å². The highest BCUT2D eigenvalue weighted by Gasteiger charge is 2.33. The molecule has 3 aliphatic heterocycles. The van der Waals surface area contributed by atoms with Crippen molar-refractivity contribution in [1.82, 2.24) is 9.80 Å². The van der Waals surface area contributed by atoms with Gasteiger partial charge in [-0.15, -0.1) is 0 Å². The van der Waals surface area contributed by atoms with Crippen LogP contribution >= 0.6 is 0 Å². The number of nitrogens with zero attached hydrogens (tertiary/aromatic N) is 2. The van der Waals surface area contributed by atoms with Crippen molar-refractivity contribution >= 4 is 0 Å². The van der Waals surface area contributed by atoms with Crippen LogP contribution in [0.3, 0.4) is 0 Å². The van der Waals surface area contributed by atoms with Crippen LogP contribution in [-0.2, 0) is 6.54 Å². The predicted molar refractivity (Wildman–Crippen MR) is 77.5 cm³/mol. The molecule has 0 spiro atoms. The summed E-state index contributed by atoms with van der Waals surface area (Å²) in [4.78, 5) is 4.83. The summed E-state index contributed by atoms with van der Waals surface area (Å²) in [6.07, 6.45) is 2.48. The first-order valence-corrected chi connectivity index (χ1v) is 7.57. The van der Waals surface area contributed by atoms with Crippen LogP contribution in [0.15, 0.2) is 24.3 Å². The summed E-state index contributed by atoms with van der Waals surface area (Å²) in [7, 11) is 2.17. The Balaban J connectivity index is 1.74. The summed E-state index contributed by atoms with van der Waals surface area (Å²) >= 11 is 0. The lowest BCUT2D eigenvalue weighted by molar-refractivity contribution is -0.0509. The van der Waals surface area contributed by atoms with Crippen molar-refractivity contribution in [2.75, 3.05) is 26.7 Å². The van der Waals surface area contributed by atoms with Gasteiger partial charge in [0.05, 0.1) is 0 Å². The van der Waals surface area contributed by atoms with Gasteiger partial charge in [0, 0.05) is 37.8 Å². The average Bonchev–Trinajstić information content (AvgIpc) is 2.69. The fraction of sp³-hybridized carbons (Fsp3) is 0.625. The Morgan fingerprint density at radius 3 is 2.81 bits per heavy atom. The van der Waals surface area contributed by atoms with Crippen LogP contribution in [0.4, 0.5) is 8.78 Å². The molecule has 3 saturated heterocycles. The number of hydrogen-bond donors (Lipinski definition) is 0. The van der Waals surface area contributed by atoms with E-state index in [2.05, 4.69) is 21.6 Å². The van der Waals surface area contributed by atoms with Crippen molar-refractivity contribution in [2.45, 2.75) is 32.0 Å². The molecule has 0 amide bonds. The third-order valence-electron chi connectivity index (χ3n) is 4.57. The fourth-order valence-electron chi connectivity index (χ4n) is 3.67. The number of alkyl halides is 2. The molecule has 3 fully saturated rings. The van der Waals surface area contributed by atoms with Gasteiger partial charge in [-0.2, -0.15) is 8.78 Å². The molecule has 1 aromatic rings. The zero-order valence-electron chi connectivity index (χ0n) is 12.3. The van der Waals surface area contributed by atoms with E-state index in [1.54, 1.807) is 12.1 Å². The summed E-state index contributed by atoms with van der Waals surface area (Å²) in [6, 6.07) is 7.66. The number of benzene rings is 1. The monoisotopic (exact) mass is 296 g/mol. The fourth-order valence-corrected chi connectivity index (χ4v) is 3.67. The van der Waals surface area contributed by atoms with E-state index in [-0.39, 0.29) is 0 Å². The lowest BCUT2D eigenvalue weighted by Crippen LogP contribution is -2.43. The summed E-state index contributed by atoms with van der Waals surface area (Å²) < 4.78 is 29.7. The minimum absolute atomic E-state index is 0.306. The number of ether oxygens (including phenoxy) is 1. The summed E-state index contributed by atoms with van der Waals surface area (Å²) in [5.74, 6) is 0.998. The number of piperidine rings is 1. The Morgan fingerprint density at radius 2 is 2.00 bits per heavy atom. The molecule has 1 aromatic carbocycles. The van der Waals surface area contributed by atoms with E-state index >= 15 is 0 Å². The molecule has 4 rings (SSSR count). The van der Waals surface area contributed by atoms with E-state index in [1.165, 1.54) is 12.8 Å². The molecule has 3 heterocycles. The van der Waals surface area contributed by atoms with Crippen molar-refractivity contribution < 1.29 is 13.5 Å². The minimum Gasteiger partial charge on any atom is -0.434 e. The lowest BCUT2D eigenvalue weighted by atomic mass is 9.94. The molecule has 0 N–H and O–H groups in total. The van der Waals surface area contributed by atoms with Crippen LogP contribution in [0.25, 0.3) is 0 Å². The molecule has 21 heavy (non-hydrogen) atoms. The second-order valence-corrected chi connectivity index (χ2v) is 6.23. The molecule has 3 nitrogen and oxygen atoms in total. The molecule has 0 saturated carbocycles. The van der Waals surface area contributed by atoms with Gasteiger partial charge in [0.25, 0.3) is 0 Å². The van der Waals surface area contributed by atoms with Crippen LogP contribution in [0.5, 0.6) is 5.75 Å². The number of likely N-dealkylation sites (N-methyl/N-ethyl adjacent to an activating group) is 1.